The van der Waals surface area contributed by atoms with Crippen molar-refractivity contribution in [1.82, 2.24) is 0 Å². The van der Waals surface area contributed by atoms with Gasteiger partial charge in [0.15, 0.2) is 0 Å². The average molecular weight is 178 g/mol. The Morgan fingerprint density at radius 1 is 1.55 bits per heavy atom. The molecule has 0 heterocycles. The third kappa shape index (κ3) is 7.21. The predicted octanol–water partition coefficient (Wildman–Crippen LogP) is 0.108. The summed E-state index contributed by atoms with van der Waals surface area (Å²) in [5.74, 6) is 0. The van der Waals surface area contributed by atoms with E-state index in [1.165, 1.54) is 6.08 Å². The molecule has 0 aromatic heterocycles. The topological polar surface area (TPSA) is 60.4 Å². The normalized spacial score (nSPS) is 13.1. The van der Waals surface area contributed by atoms with Gasteiger partial charge in [0.25, 0.3) is 10.1 Å². The Morgan fingerprint density at radius 3 is 2.45 bits per heavy atom. The van der Waals surface area contributed by atoms with Crippen LogP contribution in [0.3, 0.4) is 0 Å². The first-order chi connectivity index (χ1) is 4.95. The molecule has 5 heteroatoms. The summed E-state index contributed by atoms with van der Waals surface area (Å²) in [6.07, 6.45) is 2.98. The van der Waals surface area contributed by atoms with Gasteiger partial charge in [0.1, 0.15) is 6.29 Å². The summed E-state index contributed by atoms with van der Waals surface area (Å²) in [5.41, 5.74) is 0.452. The fraction of sp³-hybridized carbons (Fsp3) is 0.500. The number of rotatable bonds is 4. The number of hydrogen-bond acceptors (Lipinski definition) is 4. The molecular weight excluding hydrogens is 168 g/mol. The highest BCUT2D eigenvalue weighted by Gasteiger charge is 1.97. The fourth-order valence-corrected chi connectivity index (χ4v) is 0.652. The number of carbonyl (C=O) groups is 1. The van der Waals surface area contributed by atoms with E-state index in [9.17, 15) is 13.2 Å². The van der Waals surface area contributed by atoms with Gasteiger partial charge in [-0.25, -0.2) is 0 Å². The quantitative estimate of drug-likeness (QED) is 0.348. The summed E-state index contributed by atoms with van der Waals surface area (Å²) in [6, 6.07) is 0. The molecule has 64 valence electrons. The number of carbonyl (C=O) groups excluding carboxylic acids is 1. The summed E-state index contributed by atoms with van der Waals surface area (Å²) in [7, 11) is -3.39. The molecule has 0 rings (SSSR count). The highest BCUT2D eigenvalue weighted by Crippen LogP contribution is 1.90. The monoisotopic (exact) mass is 178 g/mol. The molecule has 0 atom stereocenters. The molecule has 11 heavy (non-hydrogen) atoms. The molecular formula is C6H10O4S. The van der Waals surface area contributed by atoms with Crippen molar-refractivity contribution in [2.24, 2.45) is 0 Å². The zero-order valence-electron chi connectivity index (χ0n) is 6.40. The van der Waals surface area contributed by atoms with Crippen LogP contribution in [-0.2, 0) is 19.1 Å². The van der Waals surface area contributed by atoms with Gasteiger partial charge in [-0.05, 0) is 12.5 Å². The molecule has 4 nitrogen and oxygen atoms in total. The van der Waals surface area contributed by atoms with E-state index in [1.807, 2.05) is 0 Å². The van der Waals surface area contributed by atoms with Crippen LogP contribution in [0.2, 0.25) is 0 Å². The van der Waals surface area contributed by atoms with Gasteiger partial charge in [-0.1, -0.05) is 6.08 Å². The molecule has 0 N–H and O–H groups in total. The molecule has 0 aliphatic carbocycles. The molecule has 0 saturated heterocycles. The largest absolute Gasteiger partial charge is 0.298 e. The van der Waals surface area contributed by atoms with Crippen molar-refractivity contribution >= 4 is 16.4 Å². The van der Waals surface area contributed by atoms with Gasteiger partial charge in [-0.3, -0.25) is 8.98 Å². The minimum Gasteiger partial charge on any atom is -0.298 e. The fourth-order valence-electron chi connectivity index (χ4n) is 0.337. The van der Waals surface area contributed by atoms with E-state index < -0.39 is 10.1 Å². The molecule has 0 amide bonds. The maximum absolute atomic E-state index is 10.4. The van der Waals surface area contributed by atoms with E-state index in [0.717, 1.165) is 6.26 Å². The number of allylic oxidation sites excluding steroid dienone is 1. The second-order valence-corrected chi connectivity index (χ2v) is 3.70. The van der Waals surface area contributed by atoms with Crippen LogP contribution in [0.1, 0.15) is 6.92 Å². The average Bonchev–Trinajstić information content (AvgIpc) is 1.85. The van der Waals surface area contributed by atoms with E-state index >= 15 is 0 Å². The van der Waals surface area contributed by atoms with Crippen LogP contribution in [-0.4, -0.2) is 27.6 Å². The second kappa shape index (κ2) is 4.25. The minimum absolute atomic E-state index is 0.0800. The Hall–Kier alpha value is -0.680. The standard InChI is InChI=1S/C6H10O4S/c1-6(5-7)3-4-10-11(2,8)9/h3,5H,4H2,1-2H3. The summed E-state index contributed by atoms with van der Waals surface area (Å²) < 4.78 is 25.1. The maximum Gasteiger partial charge on any atom is 0.264 e. The first-order valence-corrected chi connectivity index (χ1v) is 4.73. The predicted molar refractivity (Wildman–Crippen MR) is 40.6 cm³/mol. The number of aldehydes is 1. The van der Waals surface area contributed by atoms with Crippen LogP contribution in [0, 0.1) is 0 Å². The van der Waals surface area contributed by atoms with Gasteiger partial charge in [0.2, 0.25) is 0 Å². The lowest BCUT2D eigenvalue weighted by Gasteiger charge is -1.94. The molecule has 0 aliphatic rings. The van der Waals surface area contributed by atoms with Crippen molar-refractivity contribution in [1.29, 1.82) is 0 Å². The third-order valence-corrected chi connectivity index (χ3v) is 1.44. The molecule has 0 aromatic rings. The highest BCUT2D eigenvalue weighted by atomic mass is 32.2. The third-order valence-electron chi connectivity index (χ3n) is 0.873. The smallest absolute Gasteiger partial charge is 0.264 e. The van der Waals surface area contributed by atoms with Gasteiger partial charge < -0.3 is 0 Å². The van der Waals surface area contributed by atoms with Crippen LogP contribution in [0.25, 0.3) is 0 Å². The lowest BCUT2D eigenvalue weighted by atomic mass is 10.3. The zero-order chi connectivity index (χ0) is 8.91. The minimum atomic E-state index is -3.39. The molecule has 0 radical (unpaired) electrons. The van der Waals surface area contributed by atoms with E-state index in [-0.39, 0.29) is 6.61 Å². The first-order valence-electron chi connectivity index (χ1n) is 2.92. The van der Waals surface area contributed by atoms with Gasteiger partial charge in [-0.2, -0.15) is 8.42 Å². The van der Waals surface area contributed by atoms with E-state index in [0.29, 0.717) is 11.9 Å². The van der Waals surface area contributed by atoms with E-state index in [1.54, 1.807) is 6.92 Å². The molecule has 0 spiro atoms. The molecule has 0 unspecified atom stereocenters. The van der Waals surface area contributed by atoms with Gasteiger partial charge >= 0.3 is 0 Å². The molecule has 0 aliphatic heterocycles. The lowest BCUT2D eigenvalue weighted by Crippen LogP contribution is -2.02. The van der Waals surface area contributed by atoms with Crippen LogP contribution in [0.4, 0.5) is 0 Å². The Balaban J connectivity index is 3.84. The van der Waals surface area contributed by atoms with Crippen LogP contribution >= 0.6 is 0 Å². The van der Waals surface area contributed by atoms with Crippen molar-refractivity contribution in [2.75, 3.05) is 12.9 Å². The number of hydrogen-bond donors (Lipinski definition) is 0. The van der Waals surface area contributed by atoms with Crippen LogP contribution in [0.15, 0.2) is 11.6 Å². The van der Waals surface area contributed by atoms with Gasteiger partial charge in [0.05, 0.1) is 12.9 Å². The zero-order valence-corrected chi connectivity index (χ0v) is 7.22. The summed E-state index contributed by atoms with van der Waals surface area (Å²) >= 11 is 0. The molecule has 0 saturated carbocycles. The van der Waals surface area contributed by atoms with Crippen molar-refractivity contribution in [3.63, 3.8) is 0 Å². The van der Waals surface area contributed by atoms with Crippen molar-refractivity contribution in [2.45, 2.75) is 6.92 Å². The maximum atomic E-state index is 10.4. The van der Waals surface area contributed by atoms with Gasteiger partial charge in [0, 0.05) is 0 Å². The van der Waals surface area contributed by atoms with Crippen LogP contribution in [0.5, 0.6) is 0 Å². The molecule has 0 fully saturated rings. The Bertz CT molecular complexity index is 250. The summed E-state index contributed by atoms with van der Waals surface area (Å²) in [4.78, 5) is 9.99. The van der Waals surface area contributed by atoms with Crippen LogP contribution < -0.4 is 0 Å². The van der Waals surface area contributed by atoms with E-state index in [4.69, 9.17) is 0 Å². The highest BCUT2D eigenvalue weighted by molar-refractivity contribution is 7.85. The lowest BCUT2D eigenvalue weighted by molar-refractivity contribution is -0.104. The second-order valence-electron chi connectivity index (χ2n) is 2.05. The van der Waals surface area contributed by atoms with Crippen molar-refractivity contribution < 1.29 is 17.4 Å². The van der Waals surface area contributed by atoms with E-state index in [2.05, 4.69) is 4.18 Å². The molecule has 0 aromatic carbocycles. The van der Waals surface area contributed by atoms with Crippen molar-refractivity contribution in [3.8, 4) is 0 Å². The Morgan fingerprint density at radius 2 is 2.09 bits per heavy atom. The Labute approximate surface area is 66.0 Å². The summed E-state index contributed by atoms with van der Waals surface area (Å²) in [6.45, 7) is 1.49. The summed E-state index contributed by atoms with van der Waals surface area (Å²) in [5, 5.41) is 0. The van der Waals surface area contributed by atoms with Crippen molar-refractivity contribution in [3.05, 3.63) is 11.6 Å². The molecule has 0 bridgehead atoms. The SMILES string of the molecule is CC(C=O)=CCOS(C)(=O)=O. The van der Waals surface area contributed by atoms with Gasteiger partial charge in [-0.15, -0.1) is 0 Å². The first kappa shape index (κ1) is 10.3. The Kier molecular flexibility index (Phi) is 3.99.